The van der Waals surface area contributed by atoms with Crippen LogP contribution < -0.4 is 9.64 Å². The summed E-state index contributed by atoms with van der Waals surface area (Å²) < 4.78 is 11.0. The van der Waals surface area contributed by atoms with Gasteiger partial charge < -0.3 is 9.47 Å². The molecule has 0 saturated carbocycles. The van der Waals surface area contributed by atoms with Crippen LogP contribution in [0.15, 0.2) is 88.2 Å². The lowest BCUT2D eigenvalue weighted by Crippen LogP contribution is -2.33. The lowest BCUT2D eigenvalue weighted by molar-refractivity contribution is -0.144. The van der Waals surface area contributed by atoms with E-state index in [0.717, 1.165) is 32.5 Å². The molecule has 0 bridgehead atoms. The summed E-state index contributed by atoms with van der Waals surface area (Å²) in [7, 11) is 0. The van der Waals surface area contributed by atoms with Gasteiger partial charge in [-0.15, -0.1) is 0 Å². The summed E-state index contributed by atoms with van der Waals surface area (Å²) in [5.74, 6) is -0.128. The molecule has 0 aliphatic carbocycles. The summed E-state index contributed by atoms with van der Waals surface area (Å²) in [4.78, 5) is 29.2. The van der Waals surface area contributed by atoms with Crippen molar-refractivity contribution < 1.29 is 19.1 Å². The Morgan fingerprint density at radius 1 is 0.900 bits per heavy atom. The first-order valence-electron chi connectivity index (χ1n) is 9.49. The molecule has 3 aromatic carbocycles. The number of anilines is 2. The number of amides is 1. The van der Waals surface area contributed by atoms with Crippen LogP contribution in [0.5, 0.6) is 5.75 Å². The van der Waals surface area contributed by atoms with Gasteiger partial charge in [0, 0.05) is 15.4 Å². The Labute approximate surface area is 177 Å². The number of nitrogens with zero attached hydrogens (tertiary/aromatic N) is 1. The maximum absolute atomic E-state index is 13.1. The molecule has 0 unspecified atom stereocenters. The molecular weight excluding hydrogens is 398 g/mol. The fourth-order valence-electron chi connectivity index (χ4n) is 3.49. The van der Waals surface area contributed by atoms with Gasteiger partial charge in [0.25, 0.3) is 5.91 Å². The van der Waals surface area contributed by atoms with Crippen LogP contribution in [0, 0.1) is 0 Å². The van der Waals surface area contributed by atoms with Crippen LogP contribution in [0.1, 0.15) is 5.56 Å². The van der Waals surface area contributed by atoms with Gasteiger partial charge in [-0.2, -0.15) is 0 Å². The Morgan fingerprint density at radius 2 is 1.53 bits per heavy atom. The number of fused-ring (bicyclic) bond motifs is 3. The zero-order chi connectivity index (χ0) is 20.5. The van der Waals surface area contributed by atoms with Gasteiger partial charge in [0.2, 0.25) is 0 Å². The molecule has 0 atom stereocenters. The van der Waals surface area contributed by atoms with Crippen molar-refractivity contribution in [3.05, 3.63) is 83.9 Å². The second-order valence-corrected chi connectivity index (χ2v) is 7.92. The van der Waals surface area contributed by atoms with Crippen LogP contribution in [0.2, 0.25) is 0 Å². The number of para-hydroxylation sites is 3. The normalized spacial score (nSPS) is 13.9. The van der Waals surface area contributed by atoms with Crippen molar-refractivity contribution in [2.75, 3.05) is 18.1 Å². The number of esters is 1. The van der Waals surface area contributed by atoms with Crippen molar-refractivity contribution >= 4 is 41.1 Å². The van der Waals surface area contributed by atoms with Gasteiger partial charge in [-0.1, -0.05) is 54.2 Å². The second-order valence-electron chi connectivity index (χ2n) is 6.84. The van der Waals surface area contributed by atoms with Crippen molar-refractivity contribution in [1.82, 2.24) is 0 Å². The number of hydrogen-bond acceptors (Lipinski definition) is 5. The molecule has 0 aromatic heterocycles. The molecule has 148 valence electrons. The lowest BCUT2D eigenvalue weighted by Gasteiger charge is -2.30. The van der Waals surface area contributed by atoms with E-state index in [2.05, 4.69) is 0 Å². The minimum atomic E-state index is -0.550. The Bertz CT molecular complexity index is 1140. The predicted molar refractivity (Wildman–Crippen MR) is 115 cm³/mol. The molecule has 5 rings (SSSR count). The Hall–Kier alpha value is -3.51. The van der Waals surface area contributed by atoms with E-state index in [1.54, 1.807) is 22.7 Å². The van der Waals surface area contributed by atoms with Gasteiger partial charge in [0.15, 0.2) is 6.61 Å². The Kier molecular flexibility index (Phi) is 4.77. The van der Waals surface area contributed by atoms with Gasteiger partial charge in [-0.3, -0.25) is 9.69 Å². The summed E-state index contributed by atoms with van der Waals surface area (Å²) in [6, 6.07) is 22.9. The highest BCUT2D eigenvalue weighted by Gasteiger charge is 2.29. The average Bonchev–Trinajstić information content (AvgIpc) is 2.80. The van der Waals surface area contributed by atoms with Gasteiger partial charge >= 0.3 is 5.97 Å². The van der Waals surface area contributed by atoms with E-state index < -0.39 is 5.97 Å². The molecule has 1 amide bonds. The number of ether oxygens (including phenoxy) is 2. The third-order valence-corrected chi connectivity index (χ3v) is 6.03. The molecule has 3 aromatic rings. The maximum Gasteiger partial charge on any atom is 0.338 e. The monoisotopic (exact) mass is 415 g/mol. The number of benzene rings is 3. The minimum absolute atomic E-state index is 0.121. The zero-order valence-electron chi connectivity index (χ0n) is 15.9. The Balaban J connectivity index is 1.35. The third kappa shape index (κ3) is 3.35. The van der Waals surface area contributed by atoms with E-state index in [1.165, 1.54) is 0 Å². The zero-order valence-corrected chi connectivity index (χ0v) is 16.7. The van der Waals surface area contributed by atoms with Crippen molar-refractivity contribution in [3.8, 4) is 5.75 Å². The predicted octanol–water partition coefficient (Wildman–Crippen LogP) is 4.84. The van der Waals surface area contributed by atoms with Gasteiger partial charge in [-0.25, -0.2) is 4.79 Å². The molecule has 0 radical (unpaired) electrons. The minimum Gasteiger partial charge on any atom is -0.488 e. The van der Waals surface area contributed by atoms with Crippen LogP contribution in [0.25, 0.3) is 6.08 Å². The van der Waals surface area contributed by atoms with E-state index in [-0.39, 0.29) is 19.1 Å². The van der Waals surface area contributed by atoms with Crippen LogP contribution in [0.3, 0.4) is 0 Å². The average molecular weight is 415 g/mol. The van der Waals surface area contributed by atoms with Crippen LogP contribution in [-0.4, -0.2) is 25.1 Å². The largest absolute Gasteiger partial charge is 0.488 e. The number of hydrogen-bond donors (Lipinski definition) is 0. The van der Waals surface area contributed by atoms with E-state index in [9.17, 15) is 9.59 Å². The van der Waals surface area contributed by atoms with Crippen LogP contribution in [-0.2, 0) is 14.3 Å². The van der Waals surface area contributed by atoms with Crippen molar-refractivity contribution in [3.63, 3.8) is 0 Å². The van der Waals surface area contributed by atoms with E-state index in [0.29, 0.717) is 5.57 Å². The summed E-state index contributed by atoms with van der Waals surface area (Å²) in [6.07, 6.45) is 1.74. The smallest absolute Gasteiger partial charge is 0.338 e. The molecule has 6 heteroatoms. The standard InChI is InChI=1S/C24H17NO4S/c26-23(15-29-24(27)17-13-16-7-1-4-10-20(16)28-14-17)25-18-8-2-5-11-21(18)30-22-12-6-3-9-19(22)25/h1-13H,14-15H2. The first-order chi connectivity index (χ1) is 14.7. The highest BCUT2D eigenvalue weighted by Crippen LogP contribution is 2.47. The fraction of sp³-hybridized carbons (Fsp3) is 0.0833. The van der Waals surface area contributed by atoms with Crippen LogP contribution >= 0.6 is 11.8 Å². The first-order valence-corrected chi connectivity index (χ1v) is 10.3. The van der Waals surface area contributed by atoms with E-state index in [1.807, 2.05) is 72.8 Å². The highest BCUT2D eigenvalue weighted by atomic mass is 32.2. The lowest BCUT2D eigenvalue weighted by atomic mass is 10.1. The molecule has 0 fully saturated rings. The SMILES string of the molecule is O=C(OCC(=O)N1c2ccccc2Sc2ccccc21)C1=Cc2ccccc2OC1. The number of carbonyl (C=O) groups excluding carboxylic acids is 2. The molecule has 2 aliphatic rings. The third-order valence-electron chi connectivity index (χ3n) is 4.90. The van der Waals surface area contributed by atoms with Gasteiger partial charge in [-0.05, 0) is 36.4 Å². The molecule has 0 saturated heterocycles. The van der Waals surface area contributed by atoms with Gasteiger partial charge in [0.1, 0.15) is 12.4 Å². The maximum atomic E-state index is 13.1. The van der Waals surface area contributed by atoms with E-state index in [4.69, 9.17) is 9.47 Å². The fourth-order valence-corrected chi connectivity index (χ4v) is 4.55. The topological polar surface area (TPSA) is 55.8 Å². The molecule has 30 heavy (non-hydrogen) atoms. The Morgan fingerprint density at radius 3 is 2.27 bits per heavy atom. The van der Waals surface area contributed by atoms with Crippen molar-refractivity contribution in [2.45, 2.75) is 9.79 Å². The molecular formula is C24H17NO4S. The van der Waals surface area contributed by atoms with Crippen LogP contribution in [0.4, 0.5) is 11.4 Å². The molecule has 2 heterocycles. The molecule has 0 N–H and O–H groups in total. The molecule has 2 aliphatic heterocycles. The van der Waals surface area contributed by atoms with Crippen molar-refractivity contribution in [1.29, 1.82) is 0 Å². The van der Waals surface area contributed by atoms with Gasteiger partial charge in [0.05, 0.1) is 16.9 Å². The number of carbonyl (C=O) groups is 2. The molecule has 0 spiro atoms. The quantitative estimate of drug-likeness (QED) is 0.573. The molecule has 5 nitrogen and oxygen atoms in total. The summed E-state index contributed by atoms with van der Waals surface area (Å²) in [5.41, 5.74) is 2.78. The van der Waals surface area contributed by atoms with E-state index >= 15 is 0 Å². The summed E-state index contributed by atoms with van der Waals surface area (Å²) in [5, 5.41) is 0. The number of rotatable bonds is 3. The summed E-state index contributed by atoms with van der Waals surface area (Å²) in [6.45, 7) is -0.235. The summed E-state index contributed by atoms with van der Waals surface area (Å²) >= 11 is 1.62. The first kappa shape index (κ1) is 18.5. The second kappa shape index (κ2) is 7.72. The highest BCUT2D eigenvalue weighted by molar-refractivity contribution is 7.99. The van der Waals surface area contributed by atoms with Crippen molar-refractivity contribution in [2.24, 2.45) is 0 Å².